The number of anilines is 4. The Bertz CT molecular complexity index is 1070. The fourth-order valence-corrected chi connectivity index (χ4v) is 4.39. The summed E-state index contributed by atoms with van der Waals surface area (Å²) in [5.74, 6) is 1.75. The van der Waals surface area contributed by atoms with Gasteiger partial charge in [-0.3, -0.25) is 10.1 Å². The molecule has 0 aliphatic carbocycles. The summed E-state index contributed by atoms with van der Waals surface area (Å²) in [7, 11) is 0. The summed E-state index contributed by atoms with van der Waals surface area (Å²) in [6.45, 7) is 6.27. The molecule has 9 nitrogen and oxygen atoms in total. The van der Waals surface area contributed by atoms with Crippen LogP contribution in [0.3, 0.4) is 0 Å². The van der Waals surface area contributed by atoms with E-state index in [-0.39, 0.29) is 12.0 Å². The minimum absolute atomic E-state index is 0.143. The third kappa shape index (κ3) is 4.00. The lowest BCUT2D eigenvalue weighted by atomic mass is 10.2. The van der Waals surface area contributed by atoms with Crippen molar-refractivity contribution >= 4 is 40.1 Å². The smallest absolute Gasteiger partial charge is 0.351 e. The summed E-state index contributed by atoms with van der Waals surface area (Å²) in [4.78, 5) is 29.1. The van der Waals surface area contributed by atoms with Crippen LogP contribution in [0.5, 0.6) is 0 Å². The molecule has 2 aromatic heterocycles. The van der Waals surface area contributed by atoms with Crippen molar-refractivity contribution in [3.05, 3.63) is 36.5 Å². The zero-order valence-corrected chi connectivity index (χ0v) is 17.6. The van der Waals surface area contributed by atoms with Gasteiger partial charge in [0.15, 0.2) is 0 Å². The average Bonchev–Trinajstić information content (AvgIpc) is 3.43. The minimum atomic E-state index is -0.295. The van der Waals surface area contributed by atoms with Gasteiger partial charge >= 0.3 is 5.95 Å². The predicted molar refractivity (Wildman–Crippen MR) is 120 cm³/mol. The van der Waals surface area contributed by atoms with Crippen molar-refractivity contribution in [2.45, 2.75) is 19.4 Å². The van der Waals surface area contributed by atoms with Crippen molar-refractivity contribution in [1.82, 2.24) is 14.9 Å². The van der Waals surface area contributed by atoms with Crippen molar-refractivity contribution < 1.29 is 14.9 Å². The molecule has 5 rings (SSSR count). The van der Waals surface area contributed by atoms with Crippen molar-refractivity contribution in [3.63, 3.8) is 0 Å². The Hall–Kier alpha value is -3.33. The zero-order chi connectivity index (χ0) is 21.4. The molecule has 9 heteroatoms. The van der Waals surface area contributed by atoms with Gasteiger partial charge in [0.05, 0.1) is 30.3 Å². The Morgan fingerprint density at radius 2 is 1.90 bits per heavy atom. The molecule has 2 fully saturated rings. The van der Waals surface area contributed by atoms with Crippen molar-refractivity contribution in [3.8, 4) is 0 Å². The second-order valence-electron chi connectivity index (χ2n) is 8.23. The van der Waals surface area contributed by atoms with Crippen LogP contribution in [0.2, 0.25) is 0 Å². The van der Waals surface area contributed by atoms with Gasteiger partial charge in [-0.2, -0.15) is 0 Å². The number of hydrogen-bond acceptors (Lipinski definition) is 6. The number of amides is 1. The molecule has 2 aliphatic heterocycles. The Kier molecular flexibility index (Phi) is 5.11. The highest BCUT2D eigenvalue weighted by Gasteiger charge is 2.28. The van der Waals surface area contributed by atoms with Gasteiger partial charge in [-0.05, 0) is 30.3 Å². The second kappa shape index (κ2) is 8.07. The number of carbonyl (C=O) groups is 1. The van der Waals surface area contributed by atoms with E-state index in [4.69, 9.17) is 0 Å². The lowest BCUT2D eigenvalue weighted by Crippen LogP contribution is -2.48. The molecule has 0 spiro atoms. The number of aromatic amines is 2. The molecule has 1 aromatic carbocycles. The highest BCUT2D eigenvalue weighted by Crippen LogP contribution is 2.26. The largest absolute Gasteiger partial charge is 0.390 e. The first-order chi connectivity index (χ1) is 15.1. The quantitative estimate of drug-likeness (QED) is 0.587. The van der Waals surface area contributed by atoms with Crippen LogP contribution in [-0.2, 0) is 4.79 Å². The van der Waals surface area contributed by atoms with Crippen LogP contribution in [0.4, 0.5) is 23.1 Å². The number of β-amino-alcohol motifs (C(OH)–C–C–N with tert-alkyl or cyclic N) is 1. The van der Waals surface area contributed by atoms with E-state index in [1.54, 1.807) is 6.92 Å². The number of aliphatic hydroxyl groups is 1. The van der Waals surface area contributed by atoms with E-state index < -0.39 is 0 Å². The van der Waals surface area contributed by atoms with Crippen molar-refractivity contribution in [2.75, 3.05) is 54.4 Å². The Morgan fingerprint density at radius 3 is 2.58 bits per heavy atom. The Morgan fingerprint density at radius 1 is 1.13 bits per heavy atom. The fraction of sp³-hybridized carbons (Fsp3) is 0.409. The molecular formula is C22H28N7O2+. The van der Waals surface area contributed by atoms with Gasteiger partial charge in [-0.15, -0.1) is 0 Å². The van der Waals surface area contributed by atoms with Gasteiger partial charge in [-0.1, -0.05) is 4.98 Å². The van der Waals surface area contributed by atoms with E-state index in [1.165, 1.54) is 0 Å². The van der Waals surface area contributed by atoms with E-state index in [2.05, 4.69) is 42.2 Å². The van der Waals surface area contributed by atoms with E-state index in [0.717, 1.165) is 67.4 Å². The molecule has 4 N–H and O–H groups in total. The molecule has 2 saturated heterocycles. The highest BCUT2D eigenvalue weighted by molar-refractivity contribution is 5.86. The number of aliphatic hydroxyl groups excluding tert-OH is 1. The topological polar surface area (TPSA) is 102 Å². The number of rotatable bonds is 4. The van der Waals surface area contributed by atoms with Gasteiger partial charge < -0.3 is 24.8 Å². The summed E-state index contributed by atoms with van der Waals surface area (Å²) in [5, 5.41) is 14.3. The molecule has 0 bridgehead atoms. The number of hydrogen-bond donors (Lipinski definition) is 3. The standard InChI is InChI=1S/C22H27N7O2/c1-15(30)27-10-12-28(13-11-27)17-4-2-16(3-5-17)24-22-25-20-19(6-8-23-20)21(26-22)29-9-7-18(31)14-29/h2-6,8,18,31H,7,9-14H2,1H3,(H2,23,24,25,26)/p+1/t18-/m0/s1. The Balaban J connectivity index is 1.32. The molecule has 31 heavy (non-hydrogen) atoms. The molecule has 1 amide bonds. The molecule has 3 aromatic rings. The first kappa shape index (κ1) is 19.6. The summed E-state index contributed by atoms with van der Waals surface area (Å²) in [6.07, 6.45) is 2.36. The van der Waals surface area contributed by atoms with Crippen LogP contribution in [0, 0.1) is 0 Å². The summed E-state index contributed by atoms with van der Waals surface area (Å²) < 4.78 is 0. The predicted octanol–water partition coefficient (Wildman–Crippen LogP) is 1.36. The van der Waals surface area contributed by atoms with Crippen molar-refractivity contribution in [1.29, 1.82) is 0 Å². The van der Waals surface area contributed by atoms with Crippen LogP contribution in [0.1, 0.15) is 13.3 Å². The molecular weight excluding hydrogens is 394 g/mol. The van der Waals surface area contributed by atoms with Crippen LogP contribution >= 0.6 is 0 Å². The molecule has 162 valence electrons. The third-order valence-corrected chi connectivity index (χ3v) is 6.14. The van der Waals surface area contributed by atoms with Crippen LogP contribution in [-0.4, -0.2) is 71.3 Å². The number of fused-ring (bicyclic) bond motifs is 1. The maximum absolute atomic E-state index is 11.5. The first-order valence-electron chi connectivity index (χ1n) is 10.8. The first-order valence-corrected chi connectivity index (χ1v) is 10.8. The summed E-state index contributed by atoms with van der Waals surface area (Å²) in [5.41, 5.74) is 2.89. The van der Waals surface area contributed by atoms with E-state index in [0.29, 0.717) is 12.5 Å². The van der Waals surface area contributed by atoms with Gasteiger partial charge in [0.2, 0.25) is 17.4 Å². The zero-order valence-electron chi connectivity index (χ0n) is 17.6. The number of H-pyrrole nitrogens is 2. The van der Waals surface area contributed by atoms with Crippen LogP contribution in [0.15, 0.2) is 36.5 Å². The maximum atomic E-state index is 11.5. The lowest BCUT2D eigenvalue weighted by molar-refractivity contribution is -0.348. The maximum Gasteiger partial charge on any atom is 0.351 e. The SMILES string of the molecule is CC(=O)N1CCN(c2ccc(Nc3nc4[nH]ccc4c(N4CC[C@H](O)C4)[nH+]3)cc2)CC1. The fourth-order valence-electron chi connectivity index (χ4n) is 4.39. The monoisotopic (exact) mass is 422 g/mol. The summed E-state index contributed by atoms with van der Waals surface area (Å²) in [6, 6.07) is 10.3. The molecule has 0 saturated carbocycles. The average molecular weight is 423 g/mol. The summed E-state index contributed by atoms with van der Waals surface area (Å²) >= 11 is 0. The normalized spacial score (nSPS) is 19.3. The van der Waals surface area contributed by atoms with E-state index in [9.17, 15) is 9.90 Å². The van der Waals surface area contributed by atoms with E-state index in [1.807, 2.05) is 29.3 Å². The molecule has 0 unspecified atom stereocenters. The number of aromatic nitrogens is 3. The number of benzene rings is 1. The van der Waals surface area contributed by atoms with Crippen molar-refractivity contribution in [2.24, 2.45) is 0 Å². The van der Waals surface area contributed by atoms with Gasteiger partial charge in [0.1, 0.15) is 0 Å². The number of carbonyl (C=O) groups excluding carboxylic acids is 1. The second-order valence-corrected chi connectivity index (χ2v) is 8.23. The third-order valence-electron chi connectivity index (χ3n) is 6.14. The molecule has 2 aliphatic rings. The minimum Gasteiger partial charge on any atom is -0.390 e. The molecule has 4 heterocycles. The highest BCUT2D eigenvalue weighted by atomic mass is 16.3. The van der Waals surface area contributed by atoms with Crippen LogP contribution in [0.25, 0.3) is 11.0 Å². The number of nitrogens with one attached hydrogen (secondary N) is 3. The number of nitrogens with zero attached hydrogens (tertiary/aromatic N) is 4. The van der Waals surface area contributed by atoms with E-state index >= 15 is 0 Å². The van der Waals surface area contributed by atoms with Gasteiger partial charge in [-0.25, -0.2) is 4.98 Å². The number of piperazine rings is 1. The molecule has 0 radical (unpaired) electrons. The molecule has 1 atom stereocenters. The van der Waals surface area contributed by atoms with Crippen LogP contribution < -0.4 is 20.1 Å². The Labute approximate surface area is 180 Å². The lowest BCUT2D eigenvalue weighted by Gasteiger charge is -2.35. The van der Waals surface area contributed by atoms with Gasteiger partial charge in [0, 0.05) is 51.4 Å². The van der Waals surface area contributed by atoms with Gasteiger partial charge in [0.25, 0.3) is 0 Å².